The zero-order chi connectivity index (χ0) is 9.26. The monoisotopic (exact) mass is 169 g/mol. The van der Waals surface area contributed by atoms with E-state index in [0.717, 1.165) is 5.57 Å². The molecule has 2 aromatic rings. The molecule has 0 unspecified atom stereocenters. The molecule has 0 fully saturated rings. The first-order valence-electron chi connectivity index (χ1n) is 4.27. The maximum Gasteiger partial charge on any atom is 0.0346 e. The first kappa shape index (κ1) is 7.99. The molecule has 1 aromatic heterocycles. The van der Waals surface area contributed by atoms with Crippen molar-refractivity contribution in [1.82, 2.24) is 4.98 Å². The van der Waals surface area contributed by atoms with Gasteiger partial charge in [0.05, 0.1) is 0 Å². The van der Waals surface area contributed by atoms with E-state index in [1.807, 2.05) is 31.5 Å². The van der Waals surface area contributed by atoms with Crippen LogP contribution in [-0.4, -0.2) is 4.98 Å². The fourth-order valence-corrected chi connectivity index (χ4v) is 1.49. The number of nitrogens with zero attached hydrogens (tertiary/aromatic N) is 1. The van der Waals surface area contributed by atoms with Crippen LogP contribution in [0.25, 0.3) is 16.3 Å². The number of allylic oxidation sites excluding steroid dienone is 1. The number of hydrogen-bond donors (Lipinski definition) is 0. The summed E-state index contributed by atoms with van der Waals surface area (Å²) in [7, 11) is 0. The van der Waals surface area contributed by atoms with Crippen molar-refractivity contribution in [1.29, 1.82) is 0 Å². The smallest absolute Gasteiger partial charge is 0.0346 e. The minimum atomic E-state index is 1.09. The molecule has 0 radical (unpaired) electrons. The number of rotatable bonds is 1. The molecule has 1 heteroatoms. The van der Waals surface area contributed by atoms with Crippen LogP contribution in [0.15, 0.2) is 43.2 Å². The van der Waals surface area contributed by atoms with Gasteiger partial charge in [0.2, 0.25) is 0 Å². The van der Waals surface area contributed by atoms with E-state index < -0.39 is 0 Å². The molecule has 2 rings (SSSR count). The average Bonchev–Trinajstić information content (AvgIpc) is 2.17. The lowest BCUT2D eigenvalue weighted by Gasteiger charge is -2.04. The number of benzene rings is 1. The van der Waals surface area contributed by atoms with Crippen LogP contribution in [0.2, 0.25) is 0 Å². The van der Waals surface area contributed by atoms with Crippen molar-refractivity contribution in [3.05, 3.63) is 48.8 Å². The summed E-state index contributed by atoms with van der Waals surface area (Å²) in [5.74, 6) is 0. The molecule has 0 aliphatic carbocycles. The highest BCUT2D eigenvalue weighted by Gasteiger charge is 1.99. The van der Waals surface area contributed by atoms with Crippen molar-refractivity contribution >= 4 is 16.3 Å². The van der Waals surface area contributed by atoms with E-state index in [1.54, 1.807) is 0 Å². The van der Waals surface area contributed by atoms with Gasteiger partial charge in [-0.05, 0) is 23.9 Å². The van der Waals surface area contributed by atoms with Gasteiger partial charge in [-0.1, -0.05) is 30.4 Å². The summed E-state index contributed by atoms with van der Waals surface area (Å²) >= 11 is 0. The van der Waals surface area contributed by atoms with Gasteiger partial charge in [-0.15, -0.1) is 0 Å². The van der Waals surface area contributed by atoms with Gasteiger partial charge in [-0.25, -0.2) is 0 Å². The summed E-state index contributed by atoms with van der Waals surface area (Å²) in [6, 6.07) is 8.22. The molecule has 0 aliphatic rings. The highest BCUT2D eigenvalue weighted by molar-refractivity contribution is 5.92. The Labute approximate surface area is 77.7 Å². The first-order chi connectivity index (χ1) is 6.29. The third kappa shape index (κ3) is 1.33. The molecule has 0 atom stereocenters. The second-order valence-electron chi connectivity index (χ2n) is 3.18. The quantitative estimate of drug-likeness (QED) is 0.638. The topological polar surface area (TPSA) is 12.9 Å². The zero-order valence-corrected chi connectivity index (χ0v) is 7.62. The van der Waals surface area contributed by atoms with E-state index in [9.17, 15) is 0 Å². The third-order valence-corrected chi connectivity index (χ3v) is 2.14. The van der Waals surface area contributed by atoms with E-state index >= 15 is 0 Å². The molecular weight excluding hydrogens is 158 g/mol. The molecule has 1 aromatic carbocycles. The Morgan fingerprint density at radius 3 is 2.92 bits per heavy atom. The highest BCUT2D eigenvalue weighted by atomic mass is 14.6. The van der Waals surface area contributed by atoms with Crippen molar-refractivity contribution in [2.75, 3.05) is 0 Å². The zero-order valence-electron chi connectivity index (χ0n) is 7.62. The van der Waals surface area contributed by atoms with Gasteiger partial charge >= 0.3 is 0 Å². The molecule has 0 spiro atoms. The standard InChI is InChI=1S/C12H11N/c1-9(2)11-5-3-4-10-8-13-7-6-12(10)11/h3-8H,1H2,2H3. The van der Waals surface area contributed by atoms with Gasteiger partial charge < -0.3 is 0 Å². The summed E-state index contributed by atoms with van der Waals surface area (Å²) in [6.07, 6.45) is 3.69. The van der Waals surface area contributed by atoms with Gasteiger partial charge in [0, 0.05) is 17.8 Å². The molecule has 0 bridgehead atoms. The average molecular weight is 169 g/mol. The second kappa shape index (κ2) is 3.02. The SMILES string of the molecule is C=C(C)c1cccc2cnccc12. The largest absolute Gasteiger partial charge is 0.264 e. The Kier molecular flexibility index (Phi) is 1.85. The molecule has 0 N–H and O–H groups in total. The van der Waals surface area contributed by atoms with Crippen LogP contribution in [0.1, 0.15) is 12.5 Å². The predicted octanol–water partition coefficient (Wildman–Crippen LogP) is 3.27. The van der Waals surface area contributed by atoms with Crippen molar-refractivity contribution in [2.45, 2.75) is 6.92 Å². The molecule has 0 saturated heterocycles. The van der Waals surface area contributed by atoms with Crippen molar-refractivity contribution in [2.24, 2.45) is 0 Å². The molecule has 64 valence electrons. The lowest BCUT2D eigenvalue weighted by atomic mass is 10.0. The number of hydrogen-bond acceptors (Lipinski definition) is 1. The van der Waals surface area contributed by atoms with E-state index in [4.69, 9.17) is 0 Å². The van der Waals surface area contributed by atoms with Crippen LogP contribution in [0.3, 0.4) is 0 Å². The minimum absolute atomic E-state index is 1.09. The summed E-state index contributed by atoms with van der Waals surface area (Å²) in [4.78, 5) is 4.08. The highest BCUT2D eigenvalue weighted by Crippen LogP contribution is 2.22. The maximum atomic E-state index is 4.08. The fourth-order valence-electron chi connectivity index (χ4n) is 1.49. The summed E-state index contributed by atoms with van der Waals surface area (Å²) in [6.45, 7) is 5.98. The van der Waals surface area contributed by atoms with Crippen LogP contribution in [0.5, 0.6) is 0 Å². The molecule has 1 nitrogen and oxygen atoms in total. The Balaban J connectivity index is 2.83. The Bertz CT molecular complexity index is 452. The molecular formula is C12H11N. The van der Waals surface area contributed by atoms with Crippen LogP contribution >= 0.6 is 0 Å². The number of aromatic nitrogens is 1. The summed E-state index contributed by atoms with van der Waals surface area (Å²) < 4.78 is 0. The van der Waals surface area contributed by atoms with E-state index in [-0.39, 0.29) is 0 Å². The molecule has 0 aliphatic heterocycles. The van der Waals surface area contributed by atoms with Crippen LogP contribution in [-0.2, 0) is 0 Å². The van der Waals surface area contributed by atoms with Gasteiger partial charge in [0.15, 0.2) is 0 Å². The molecule has 1 heterocycles. The van der Waals surface area contributed by atoms with Crippen LogP contribution in [0.4, 0.5) is 0 Å². The fraction of sp³-hybridized carbons (Fsp3) is 0.0833. The number of pyridine rings is 1. The first-order valence-corrected chi connectivity index (χ1v) is 4.27. The van der Waals surface area contributed by atoms with Gasteiger partial charge in [-0.2, -0.15) is 0 Å². The molecule has 0 amide bonds. The van der Waals surface area contributed by atoms with Crippen molar-refractivity contribution < 1.29 is 0 Å². The normalized spacial score (nSPS) is 10.2. The summed E-state index contributed by atoms with van der Waals surface area (Å²) in [5.41, 5.74) is 2.30. The predicted molar refractivity (Wildman–Crippen MR) is 56.5 cm³/mol. The number of fused-ring (bicyclic) bond motifs is 1. The Morgan fingerprint density at radius 2 is 2.15 bits per heavy atom. The molecule has 0 saturated carbocycles. The maximum absolute atomic E-state index is 4.08. The Morgan fingerprint density at radius 1 is 1.31 bits per heavy atom. The summed E-state index contributed by atoms with van der Waals surface area (Å²) in [5, 5.41) is 2.40. The molecule has 13 heavy (non-hydrogen) atoms. The third-order valence-electron chi connectivity index (χ3n) is 2.14. The van der Waals surface area contributed by atoms with Gasteiger partial charge in [0.1, 0.15) is 0 Å². The van der Waals surface area contributed by atoms with E-state index in [2.05, 4.69) is 23.7 Å². The van der Waals surface area contributed by atoms with E-state index in [0.29, 0.717) is 0 Å². The van der Waals surface area contributed by atoms with Crippen molar-refractivity contribution in [3.63, 3.8) is 0 Å². The van der Waals surface area contributed by atoms with Crippen molar-refractivity contribution in [3.8, 4) is 0 Å². The minimum Gasteiger partial charge on any atom is -0.264 e. The lowest BCUT2D eigenvalue weighted by molar-refractivity contribution is 1.36. The van der Waals surface area contributed by atoms with Gasteiger partial charge in [-0.3, -0.25) is 4.98 Å². The second-order valence-corrected chi connectivity index (χ2v) is 3.18. The Hall–Kier alpha value is -1.63. The van der Waals surface area contributed by atoms with Crippen LogP contribution < -0.4 is 0 Å². The van der Waals surface area contributed by atoms with E-state index in [1.165, 1.54) is 16.3 Å². The van der Waals surface area contributed by atoms with Gasteiger partial charge in [0.25, 0.3) is 0 Å². The van der Waals surface area contributed by atoms with Crippen LogP contribution in [0, 0.1) is 0 Å². The lowest BCUT2D eigenvalue weighted by Crippen LogP contribution is -1.82.